The van der Waals surface area contributed by atoms with Crippen molar-refractivity contribution in [3.8, 4) is 11.5 Å². The zero-order chi connectivity index (χ0) is 29.9. The number of anilines is 2. The lowest BCUT2D eigenvalue weighted by Gasteiger charge is -2.26. The molecule has 0 saturated heterocycles. The van der Waals surface area contributed by atoms with E-state index in [0.29, 0.717) is 11.1 Å². The van der Waals surface area contributed by atoms with E-state index in [2.05, 4.69) is 15.0 Å². The molecule has 0 amide bonds. The van der Waals surface area contributed by atoms with E-state index in [1.165, 1.54) is 45.9 Å². The van der Waals surface area contributed by atoms with Gasteiger partial charge in [0, 0.05) is 38.2 Å². The molecule has 0 saturated carbocycles. The number of aliphatic hydroxyl groups is 1. The maximum absolute atomic E-state index is 13.8. The van der Waals surface area contributed by atoms with Gasteiger partial charge in [-0.2, -0.15) is 0 Å². The summed E-state index contributed by atoms with van der Waals surface area (Å²) in [5, 5.41) is 12.4. The molecule has 5 rings (SSSR count). The van der Waals surface area contributed by atoms with Crippen LogP contribution in [0.15, 0.2) is 82.6 Å². The number of alkyl halides is 3. The average molecular weight is 588 g/mol. The van der Waals surface area contributed by atoms with Crippen molar-refractivity contribution in [2.75, 3.05) is 16.8 Å². The van der Waals surface area contributed by atoms with Gasteiger partial charge >= 0.3 is 12.1 Å². The summed E-state index contributed by atoms with van der Waals surface area (Å²) in [7, 11) is 0. The highest BCUT2D eigenvalue weighted by molar-refractivity contribution is 5.71. The van der Waals surface area contributed by atoms with Crippen molar-refractivity contribution in [1.29, 1.82) is 0 Å². The number of hydrogen-bond donors (Lipinski definition) is 2. The normalized spacial score (nSPS) is 14.4. The van der Waals surface area contributed by atoms with E-state index in [4.69, 9.17) is 4.74 Å². The van der Waals surface area contributed by atoms with Crippen molar-refractivity contribution in [1.82, 2.24) is 14.1 Å². The summed E-state index contributed by atoms with van der Waals surface area (Å²) < 4.78 is 64.5. The summed E-state index contributed by atoms with van der Waals surface area (Å²) in [6, 6.07) is 13.8. The van der Waals surface area contributed by atoms with Crippen molar-refractivity contribution in [3.05, 3.63) is 111 Å². The van der Waals surface area contributed by atoms with Crippen LogP contribution in [0.4, 0.5) is 29.1 Å². The Morgan fingerprint density at radius 2 is 1.71 bits per heavy atom. The van der Waals surface area contributed by atoms with Crippen LogP contribution in [0.25, 0.3) is 0 Å². The molecule has 2 N–H and O–H groups in total. The van der Waals surface area contributed by atoms with Gasteiger partial charge in [0.05, 0.1) is 6.54 Å². The zero-order valence-electron chi connectivity index (χ0n) is 21.9. The van der Waals surface area contributed by atoms with E-state index in [1.54, 1.807) is 24.5 Å². The summed E-state index contributed by atoms with van der Waals surface area (Å²) in [6.07, 6.45) is -2.82. The van der Waals surface area contributed by atoms with Gasteiger partial charge < -0.3 is 24.8 Å². The molecule has 10 nitrogen and oxygen atoms in total. The van der Waals surface area contributed by atoms with Crippen LogP contribution < -0.4 is 30.9 Å². The second kappa shape index (κ2) is 11.9. The quantitative estimate of drug-likeness (QED) is 0.271. The molecular formula is C28H25F4N5O5. The number of rotatable bonds is 10. The summed E-state index contributed by atoms with van der Waals surface area (Å²) >= 11 is 0. The second-order valence-corrected chi connectivity index (χ2v) is 9.35. The number of ether oxygens (including phenoxy) is 2. The number of hydrogen-bond acceptors (Lipinski definition) is 8. The van der Waals surface area contributed by atoms with Gasteiger partial charge in [-0.1, -0.05) is 24.3 Å². The van der Waals surface area contributed by atoms with Gasteiger partial charge in [-0.25, -0.2) is 9.18 Å². The minimum atomic E-state index is -4.92. The fourth-order valence-electron chi connectivity index (χ4n) is 4.56. The third kappa shape index (κ3) is 6.38. The molecule has 4 aromatic rings. The van der Waals surface area contributed by atoms with Crippen molar-refractivity contribution in [2.45, 2.75) is 38.8 Å². The third-order valence-electron chi connectivity index (χ3n) is 6.39. The van der Waals surface area contributed by atoms with Gasteiger partial charge in [-0.15, -0.1) is 13.2 Å². The van der Waals surface area contributed by atoms with Gasteiger partial charge in [-0.3, -0.25) is 18.9 Å². The van der Waals surface area contributed by atoms with Crippen LogP contribution in [-0.2, 0) is 19.6 Å². The van der Waals surface area contributed by atoms with Crippen LogP contribution >= 0.6 is 0 Å². The highest BCUT2D eigenvalue weighted by atomic mass is 19.4. The Hall–Kier alpha value is -4.85. The highest BCUT2D eigenvalue weighted by Crippen LogP contribution is 2.34. The van der Waals surface area contributed by atoms with Crippen LogP contribution in [0.5, 0.6) is 11.5 Å². The predicted molar refractivity (Wildman–Crippen MR) is 144 cm³/mol. The van der Waals surface area contributed by atoms with Gasteiger partial charge in [0.15, 0.2) is 0 Å². The number of aliphatic hydroxyl groups excluding tert-OH is 1. The van der Waals surface area contributed by atoms with E-state index in [9.17, 15) is 32.3 Å². The SMILES string of the molecule is O=c1c2c(n(Cc3cccnc3)c(=O)n1CCCO)NC(Oc1cccc(OC(F)(F)F)c1)N2Cc1ccc(F)cc1. The fourth-order valence-corrected chi connectivity index (χ4v) is 4.56. The first kappa shape index (κ1) is 28.7. The molecule has 0 spiro atoms. The number of halogens is 4. The van der Waals surface area contributed by atoms with E-state index < -0.39 is 35.5 Å². The largest absolute Gasteiger partial charge is 0.573 e. The lowest BCUT2D eigenvalue weighted by Crippen LogP contribution is -2.44. The second-order valence-electron chi connectivity index (χ2n) is 9.35. The molecule has 42 heavy (non-hydrogen) atoms. The molecule has 1 unspecified atom stereocenters. The molecular weight excluding hydrogens is 562 g/mol. The van der Waals surface area contributed by atoms with E-state index in [1.807, 2.05) is 0 Å². The van der Waals surface area contributed by atoms with E-state index >= 15 is 0 Å². The van der Waals surface area contributed by atoms with Crippen LogP contribution in [0, 0.1) is 5.82 Å². The average Bonchev–Trinajstić information content (AvgIpc) is 3.29. The molecule has 0 radical (unpaired) electrons. The minimum absolute atomic E-state index is 0.00399. The topological polar surface area (TPSA) is 111 Å². The number of nitrogens with one attached hydrogen (secondary N) is 1. The molecule has 2 aromatic heterocycles. The molecule has 2 aromatic carbocycles. The van der Waals surface area contributed by atoms with Crippen molar-refractivity contribution in [3.63, 3.8) is 0 Å². The van der Waals surface area contributed by atoms with Crippen molar-refractivity contribution < 1.29 is 32.1 Å². The monoisotopic (exact) mass is 587 g/mol. The molecule has 0 bridgehead atoms. The molecule has 1 aliphatic rings. The van der Waals surface area contributed by atoms with Crippen molar-refractivity contribution in [2.24, 2.45) is 0 Å². The number of pyridine rings is 1. The van der Waals surface area contributed by atoms with Crippen molar-refractivity contribution >= 4 is 11.5 Å². The maximum atomic E-state index is 13.8. The first-order chi connectivity index (χ1) is 20.1. The van der Waals surface area contributed by atoms with Crippen LogP contribution in [0.2, 0.25) is 0 Å². The Kier molecular flexibility index (Phi) is 8.15. The minimum Gasteiger partial charge on any atom is -0.452 e. The lowest BCUT2D eigenvalue weighted by atomic mass is 10.2. The molecule has 1 aliphatic heterocycles. The van der Waals surface area contributed by atoms with Crippen LogP contribution in [-0.4, -0.2) is 38.5 Å². The molecule has 220 valence electrons. The van der Waals surface area contributed by atoms with Gasteiger partial charge in [0.1, 0.15) is 28.8 Å². The molecule has 0 aliphatic carbocycles. The van der Waals surface area contributed by atoms with E-state index in [0.717, 1.165) is 16.7 Å². The molecule has 3 heterocycles. The highest BCUT2D eigenvalue weighted by Gasteiger charge is 2.37. The van der Waals surface area contributed by atoms with Gasteiger partial charge in [0.25, 0.3) is 11.9 Å². The zero-order valence-corrected chi connectivity index (χ0v) is 21.9. The van der Waals surface area contributed by atoms with Crippen LogP contribution in [0.3, 0.4) is 0 Å². The maximum Gasteiger partial charge on any atom is 0.573 e. The fraction of sp³-hybridized carbons (Fsp3) is 0.250. The predicted octanol–water partition coefficient (Wildman–Crippen LogP) is 3.67. The summed E-state index contributed by atoms with van der Waals surface area (Å²) in [5.74, 6) is -0.887. The summed E-state index contributed by atoms with van der Waals surface area (Å²) in [5.41, 5.74) is -0.0248. The third-order valence-corrected chi connectivity index (χ3v) is 6.39. The Morgan fingerprint density at radius 1 is 0.952 bits per heavy atom. The smallest absolute Gasteiger partial charge is 0.452 e. The van der Waals surface area contributed by atoms with Gasteiger partial charge in [0.2, 0.25) is 0 Å². The number of aromatic nitrogens is 3. The number of nitrogens with zero attached hydrogens (tertiary/aromatic N) is 4. The molecule has 1 atom stereocenters. The first-order valence-corrected chi connectivity index (χ1v) is 12.8. The van der Waals surface area contributed by atoms with Gasteiger partial charge in [-0.05, 0) is 47.9 Å². The molecule has 0 fully saturated rings. The summed E-state index contributed by atoms with van der Waals surface area (Å²) in [4.78, 5) is 32.9. The van der Waals surface area contributed by atoms with Crippen LogP contribution in [0.1, 0.15) is 17.5 Å². The number of benzene rings is 2. The Balaban J connectivity index is 1.61. The lowest BCUT2D eigenvalue weighted by molar-refractivity contribution is -0.274. The first-order valence-electron chi connectivity index (χ1n) is 12.8. The Labute approximate surface area is 236 Å². The number of fused-ring (bicyclic) bond motifs is 1. The Bertz CT molecular complexity index is 1660. The van der Waals surface area contributed by atoms with E-state index in [-0.39, 0.29) is 49.9 Å². The molecule has 14 heteroatoms. The summed E-state index contributed by atoms with van der Waals surface area (Å²) in [6.45, 7) is -0.302. The standard InChI is InChI=1S/C28H25F4N5O5/c29-20-9-7-18(8-10-20)16-36-23-24(34-26(36)41-21-5-1-6-22(14-21)42-28(30,31)32)37(17-19-4-2-11-33-15-19)27(40)35(25(23)39)12-3-13-38/h1-2,4-11,14-15,26,34,38H,3,12-13,16-17H2. The Morgan fingerprint density at radius 3 is 2.40 bits per heavy atom.